The fraction of sp³-hybridized carbons (Fsp3) is 0.524. The van der Waals surface area contributed by atoms with Crippen LogP contribution < -0.4 is 10.2 Å². The van der Waals surface area contributed by atoms with E-state index in [1.54, 1.807) is 6.20 Å². The highest BCUT2D eigenvalue weighted by molar-refractivity contribution is 7.08. The quantitative estimate of drug-likeness (QED) is 0.701. The molecule has 0 bridgehead atoms. The van der Waals surface area contributed by atoms with Crippen molar-refractivity contribution in [3.8, 4) is 0 Å². The molecule has 29 heavy (non-hydrogen) atoms. The normalized spacial score (nSPS) is 22.4. The van der Waals surface area contributed by atoms with Crippen molar-refractivity contribution in [2.45, 2.75) is 32.2 Å². The lowest BCUT2D eigenvalue weighted by Crippen LogP contribution is -2.48. The summed E-state index contributed by atoms with van der Waals surface area (Å²) in [4.78, 5) is 17.9. The lowest BCUT2D eigenvalue weighted by atomic mass is 9.78. The highest BCUT2D eigenvalue weighted by Gasteiger charge is 2.31. The first-order valence-corrected chi connectivity index (χ1v) is 11.7. The Morgan fingerprint density at radius 2 is 2.00 bits per heavy atom. The van der Waals surface area contributed by atoms with Gasteiger partial charge < -0.3 is 10.2 Å². The third-order valence-corrected chi connectivity index (χ3v) is 7.73. The van der Waals surface area contributed by atoms with Crippen molar-refractivity contribution in [1.82, 2.24) is 14.6 Å². The zero-order valence-corrected chi connectivity index (χ0v) is 18.9. The molecule has 2 aliphatic rings. The molecule has 1 saturated carbocycles. The molecule has 5 nitrogen and oxygen atoms in total. The molecule has 1 saturated heterocycles. The minimum Gasteiger partial charge on any atom is -0.368 e. The van der Waals surface area contributed by atoms with Crippen molar-refractivity contribution in [3.05, 3.63) is 44.9 Å². The number of nitrogens with zero attached hydrogens (tertiary/aromatic N) is 3. The van der Waals surface area contributed by atoms with Gasteiger partial charge >= 0.3 is 0 Å². The number of amides is 1. The number of carbonyl (C=O) groups excluding carboxylic acids is 1. The van der Waals surface area contributed by atoms with Crippen molar-refractivity contribution in [3.63, 3.8) is 0 Å². The van der Waals surface area contributed by atoms with Gasteiger partial charge in [-0.1, -0.05) is 29.3 Å². The molecule has 1 aliphatic carbocycles. The predicted molar refractivity (Wildman–Crippen MR) is 121 cm³/mol. The smallest absolute Gasteiger partial charge is 0.263 e. The van der Waals surface area contributed by atoms with Crippen LogP contribution in [0.5, 0.6) is 0 Å². The Kier molecular flexibility index (Phi) is 6.64. The van der Waals surface area contributed by atoms with Crippen LogP contribution in [0.25, 0.3) is 0 Å². The van der Waals surface area contributed by atoms with Gasteiger partial charge in [-0.15, -0.1) is 0 Å². The Labute approximate surface area is 186 Å². The molecule has 156 valence electrons. The van der Waals surface area contributed by atoms with E-state index < -0.39 is 0 Å². The van der Waals surface area contributed by atoms with E-state index in [2.05, 4.69) is 19.5 Å². The average molecular weight is 453 g/mol. The third-order valence-electron chi connectivity index (χ3n) is 6.02. The van der Waals surface area contributed by atoms with Crippen LogP contribution in [0.3, 0.4) is 0 Å². The van der Waals surface area contributed by atoms with E-state index in [0.29, 0.717) is 22.0 Å². The molecule has 8 heteroatoms. The van der Waals surface area contributed by atoms with Crippen molar-refractivity contribution in [2.75, 3.05) is 37.6 Å². The van der Waals surface area contributed by atoms with Crippen LogP contribution in [0.4, 0.5) is 5.69 Å². The van der Waals surface area contributed by atoms with Gasteiger partial charge in [-0.3, -0.25) is 9.69 Å². The number of aromatic nitrogens is 1. The standard InChI is InChI=1S/C21H26Cl2N4OS/c1-14-13-24-29-20(14)21(28)25-16-11-15(12-16)5-6-26-7-9-27(10-8-26)18-4-2-3-17(22)19(18)23/h2-4,13,15-16H,5-12H2,1H3,(H,25,28)/t15-,16+. The first-order chi connectivity index (χ1) is 14.0. The maximum Gasteiger partial charge on any atom is 0.263 e. The van der Waals surface area contributed by atoms with E-state index in [1.807, 2.05) is 25.1 Å². The fourth-order valence-corrected chi connectivity index (χ4v) is 5.23. The van der Waals surface area contributed by atoms with E-state index in [-0.39, 0.29) is 5.91 Å². The largest absolute Gasteiger partial charge is 0.368 e. The maximum atomic E-state index is 12.3. The summed E-state index contributed by atoms with van der Waals surface area (Å²) >= 11 is 13.8. The van der Waals surface area contributed by atoms with Crippen molar-refractivity contribution in [2.24, 2.45) is 5.92 Å². The summed E-state index contributed by atoms with van der Waals surface area (Å²) in [6.45, 7) is 7.08. The van der Waals surface area contributed by atoms with Gasteiger partial charge in [0.25, 0.3) is 5.91 Å². The van der Waals surface area contributed by atoms with E-state index in [1.165, 1.54) is 18.0 Å². The van der Waals surface area contributed by atoms with Crippen LogP contribution in [0.1, 0.15) is 34.5 Å². The highest BCUT2D eigenvalue weighted by Crippen LogP contribution is 2.34. The molecule has 2 fully saturated rings. The summed E-state index contributed by atoms with van der Waals surface area (Å²) in [7, 11) is 0. The molecule has 1 aromatic carbocycles. The molecule has 1 N–H and O–H groups in total. The molecule has 1 aliphatic heterocycles. The van der Waals surface area contributed by atoms with Gasteiger partial charge in [0.05, 0.1) is 15.7 Å². The van der Waals surface area contributed by atoms with Crippen LogP contribution in [-0.2, 0) is 0 Å². The second-order valence-corrected chi connectivity index (χ2v) is 9.62. The number of halogens is 2. The summed E-state index contributed by atoms with van der Waals surface area (Å²) in [5, 5.41) is 4.42. The van der Waals surface area contributed by atoms with Crippen LogP contribution >= 0.6 is 34.7 Å². The van der Waals surface area contributed by atoms with Gasteiger partial charge in [-0.05, 0) is 67.9 Å². The second kappa shape index (κ2) is 9.21. The van der Waals surface area contributed by atoms with Gasteiger partial charge in [0, 0.05) is 38.4 Å². The van der Waals surface area contributed by atoms with Gasteiger partial charge in [0.2, 0.25) is 0 Å². The Bertz CT molecular complexity index is 860. The number of aryl methyl sites for hydroxylation is 1. The van der Waals surface area contributed by atoms with Gasteiger partial charge in [0.1, 0.15) is 4.88 Å². The molecular formula is C21H26Cl2N4OS. The second-order valence-electron chi connectivity index (χ2n) is 8.04. The fourth-order valence-electron chi connectivity index (χ4n) is 4.16. The molecule has 0 spiro atoms. The SMILES string of the molecule is Cc1cnsc1C(=O)N[C@H]1C[C@@H](CCN2CCN(c3cccc(Cl)c3Cl)CC2)C1. The summed E-state index contributed by atoms with van der Waals surface area (Å²) in [5.74, 6) is 0.743. The highest BCUT2D eigenvalue weighted by atomic mass is 35.5. The van der Waals surface area contributed by atoms with Gasteiger partial charge in [0.15, 0.2) is 0 Å². The number of rotatable bonds is 6. The molecule has 1 amide bonds. The number of hydrogen-bond acceptors (Lipinski definition) is 5. The molecule has 0 unspecified atom stereocenters. The molecular weight excluding hydrogens is 427 g/mol. The first kappa shape index (κ1) is 20.9. The molecule has 2 heterocycles. The first-order valence-electron chi connectivity index (χ1n) is 10.1. The molecule has 1 aromatic heterocycles. The van der Waals surface area contributed by atoms with E-state index in [9.17, 15) is 4.79 Å². The number of benzene rings is 1. The van der Waals surface area contributed by atoms with Crippen LogP contribution in [0.15, 0.2) is 24.4 Å². The maximum absolute atomic E-state index is 12.3. The summed E-state index contributed by atoms with van der Waals surface area (Å²) in [6, 6.07) is 6.14. The van der Waals surface area contributed by atoms with Gasteiger partial charge in [-0.25, -0.2) is 4.37 Å². The van der Waals surface area contributed by atoms with Crippen LogP contribution in [-0.4, -0.2) is 53.9 Å². The lowest BCUT2D eigenvalue weighted by molar-refractivity contribution is 0.0881. The number of anilines is 1. The van der Waals surface area contributed by atoms with Crippen molar-refractivity contribution >= 4 is 46.3 Å². The number of piperazine rings is 1. The van der Waals surface area contributed by atoms with Crippen LogP contribution in [0.2, 0.25) is 10.0 Å². The predicted octanol–water partition coefficient (Wildman–Crippen LogP) is 4.48. The average Bonchev–Trinajstić information content (AvgIpc) is 3.12. The zero-order chi connectivity index (χ0) is 20.4. The number of nitrogens with one attached hydrogen (secondary N) is 1. The van der Waals surface area contributed by atoms with Crippen molar-refractivity contribution in [1.29, 1.82) is 0 Å². The summed E-state index contributed by atoms with van der Waals surface area (Å²) in [5.41, 5.74) is 1.99. The molecule has 4 rings (SSSR count). The summed E-state index contributed by atoms with van der Waals surface area (Å²) in [6.07, 6.45) is 5.12. The summed E-state index contributed by atoms with van der Waals surface area (Å²) < 4.78 is 4.08. The molecule has 0 atom stereocenters. The van der Waals surface area contributed by atoms with Crippen LogP contribution in [0, 0.1) is 12.8 Å². The Morgan fingerprint density at radius 1 is 1.24 bits per heavy atom. The lowest BCUT2D eigenvalue weighted by Gasteiger charge is -2.39. The zero-order valence-electron chi connectivity index (χ0n) is 16.5. The number of carbonyl (C=O) groups is 1. The monoisotopic (exact) mass is 452 g/mol. The Balaban J connectivity index is 1.15. The Morgan fingerprint density at radius 3 is 2.69 bits per heavy atom. The van der Waals surface area contributed by atoms with E-state index >= 15 is 0 Å². The topological polar surface area (TPSA) is 48.5 Å². The minimum absolute atomic E-state index is 0.0317. The third kappa shape index (κ3) is 4.88. The molecule has 2 aromatic rings. The number of hydrogen-bond donors (Lipinski definition) is 1. The van der Waals surface area contributed by atoms with Crippen molar-refractivity contribution < 1.29 is 4.79 Å². The van der Waals surface area contributed by atoms with E-state index in [0.717, 1.165) is 61.7 Å². The van der Waals surface area contributed by atoms with E-state index in [4.69, 9.17) is 23.2 Å². The molecule has 0 radical (unpaired) electrons. The minimum atomic E-state index is 0.0317. The van der Waals surface area contributed by atoms with Gasteiger partial charge in [-0.2, -0.15) is 0 Å². The Hall–Kier alpha value is -1.34.